The standard InChI is InChI=1S/C25H24AsNO7S/c28-23-18-7-1-2-8-19(18)24(29)27(23)13-5-9-20(25(30)31)26-35(32,33)15-11-12-17-16-6-3-4-10-21(16)34-22(17)14-15/h1-2,7-8,11-12,14,20,26H,3-6,9-10,13H2,(H,30,31). The molecular weight excluding hydrogens is 533 g/mol. The molecule has 1 aromatic heterocycles. The quantitative estimate of drug-likeness (QED) is 0.333. The minimum absolute atomic E-state index is 0.0479. The number of hydrogen-bond donors (Lipinski definition) is 1. The van der Waals surface area contributed by atoms with E-state index in [1.165, 1.54) is 6.07 Å². The number of carboxylic acid groups (broad SMARTS) is 1. The third-order valence-corrected chi connectivity index (χ3v) is 14.4. The van der Waals surface area contributed by atoms with Gasteiger partial charge in [-0.1, -0.05) is 0 Å². The molecular formula is C25H24AsNO7S. The van der Waals surface area contributed by atoms with E-state index >= 15 is 0 Å². The van der Waals surface area contributed by atoms with Gasteiger partial charge in [-0.2, -0.15) is 0 Å². The zero-order chi connectivity index (χ0) is 24.7. The Morgan fingerprint density at radius 1 is 1.06 bits per heavy atom. The predicted molar refractivity (Wildman–Crippen MR) is 130 cm³/mol. The Morgan fingerprint density at radius 3 is 2.43 bits per heavy atom. The molecule has 2 aliphatic rings. The normalized spacial score (nSPS) is 16.7. The van der Waals surface area contributed by atoms with Gasteiger partial charge in [0.15, 0.2) is 0 Å². The Hall–Kier alpha value is -2.90. The van der Waals surface area contributed by atoms with Gasteiger partial charge in [0.05, 0.1) is 0 Å². The number of furan rings is 1. The molecule has 1 aliphatic carbocycles. The molecule has 3 aromatic rings. The summed E-state index contributed by atoms with van der Waals surface area (Å²) in [5, 5.41) is 10.6. The minimum atomic E-state index is -3.78. The molecule has 5 rings (SSSR count). The molecule has 35 heavy (non-hydrogen) atoms. The number of carboxylic acids is 1. The number of amides is 2. The van der Waals surface area contributed by atoms with Gasteiger partial charge >= 0.3 is 208 Å². The molecule has 0 radical (unpaired) electrons. The van der Waals surface area contributed by atoms with Crippen LogP contribution in [0.5, 0.6) is 0 Å². The maximum atomic E-state index is 13.1. The van der Waals surface area contributed by atoms with Gasteiger partial charge in [-0.05, 0) is 0 Å². The van der Waals surface area contributed by atoms with Crippen molar-refractivity contribution < 1.29 is 32.3 Å². The molecule has 2 heterocycles. The van der Waals surface area contributed by atoms with Gasteiger partial charge in [0.1, 0.15) is 0 Å². The van der Waals surface area contributed by atoms with Crippen molar-refractivity contribution >= 4 is 51.4 Å². The topological polar surface area (TPSA) is 122 Å². The zero-order valence-electron chi connectivity index (χ0n) is 18.8. The summed E-state index contributed by atoms with van der Waals surface area (Å²) in [5.74, 6) is -1.08. The van der Waals surface area contributed by atoms with E-state index in [4.69, 9.17) is 4.42 Å². The average molecular weight is 557 g/mol. The van der Waals surface area contributed by atoms with Gasteiger partial charge in [0.25, 0.3) is 0 Å². The number of rotatable bonds is 8. The fraction of sp³-hybridized carbons (Fsp3) is 0.320. The third-order valence-electron chi connectivity index (χ3n) is 6.59. The Kier molecular flexibility index (Phi) is 6.32. The predicted octanol–water partition coefficient (Wildman–Crippen LogP) is 3.39. The second-order valence-electron chi connectivity index (χ2n) is 8.83. The fourth-order valence-corrected chi connectivity index (χ4v) is 11.9. The van der Waals surface area contributed by atoms with E-state index in [2.05, 4.69) is 0 Å². The van der Waals surface area contributed by atoms with Crippen molar-refractivity contribution in [2.75, 3.05) is 6.54 Å². The van der Waals surface area contributed by atoms with Crippen LogP contribution in [0.25, 0.3) is 11.0 Å². The van der Waals surface area contributed by atoms with Crippen LogP contribution in [0.3, 0.4) is 0 Å². The number of fused-ring (bicyclic) bond motifs is 4. The van der Waals surface area contributed by atoms with Crippen molar-refractivity contribution in [3.63, 3.8) is 0 Å². The molecule has 2 amide bonds. The molecule has 1 N–H and O–H groups in total. The Morgan fingerprint density at radius 2 is 1.74 bits per heavy atom. The van der Waals surface area contributed by atoms with Crippen LogP contribution in [0, 0.1) is 0 Å². The van der Waals surface area contributed by atoms with Crippen molar-refractivity contribution in [2.45, 2.75) is 48.1 Å². The number of benzene rings is 2. The number of imide groups is 1. The first-order valence-electron chi connectivity index (χ1n) is 11.5. The van der Waals surface area contributed by atoms with Gasteiger partial charge in [0, 0.05) is 0 Å². The second kappa shape index (κ2) is 9.28. The SMILES string of the molecule is O=C(O)C(CCCN1C(=O)c2ccccc2C1=O)[AsH]S(=O)(=O)c1ccc2c3c(oc2c1)CCCC3. The van der Waals surface area contributed by atoms with Crippen molar-refractivity contribution in [1.82, 2.24) is 4.90 Å². The molecule has 2 aromatic carbocycles. The van der Waals surface area contributed by atoms with E-state index in [1.54, 1.807) is 36.4 Å². The first-order chi connectivity index (χ1) is 16.8. The van der Waals surface area contributed by atoms with Crippen LogP contribution in [0.15, 0.2) is 51.8 Å². The second-order valence-corrected chi connectivity index (χ2v) is 16.9. The Labute approximate surface area is 207 Å². The van der Waals surface area contributed by atoms with Crippen LogP contribution in [-0.2, 0) is 25.7 Å². The number of hydrogen-bond acceptors (Lipinski definition) is 6. The van der Waals surface area contributed by atoms with E-state index < -0.39 is 45.2 Å². The summed E-state index contributed by atoms with van der Waals surface area (Å²) in [6.07, 6.45) is 4.16. The zero-order valence-corrected chi connectivity index (χ0v) is 21.7. The fourth-order valence-electron chi connectivity index (χ4n) is 4.80. The van der Waals surface area contributed by atoms with Crippen molar-refractivity contribution in [3.05, 3.63) is 64.9 Å². The van der Waals surface area contributed by atoms with Crippen LogP contribution in [-0.4, -0.2) is 57.3 Å². The van der Waals surface area contributed by atoms with Crippen LogP contribution in [0.4, 0.5) is 0 Å². The summed E-state index contributed by atoms with van der Waals surface area (Å²) in [6, 6.07) is 11.4. The average Bonchev–Trinajstić information content (AvgIpc) is 3.33. The number of carbonyl (C=O) groups excluding carboxylic acids is 2. The monoisotopic (exact) mass is 557 g/mol. The summed E-state index contributed by atoms with van der Waals surface area (Å²) >= 11 is -1.98. The molecule has 2 unspecified atom stereocenters. The van der Waals surface area contributed by atoms with E-state index in [-0.39, 0.29) is 24.3 Å². The number of aryl methyl sites for hydroxylation is 2. The molecule has 2 atom stereocenters. The Balaban J connectivity index is 1.27. The van der Waals surface area contributed by atoms with Gasteiger partial charge in [0.2, 0.25) is 0 Å². The molecule has 0 fully saturated rings. The van der Waals surface area contributed by atoms with Gasteiger partial charge in [-0.15, -0.1) is 0 Å². The molecule has 0 spiro atoms. The van der Waals surface area contributed by atoms with E-state index in [0.29, 0.717) is 16.7 Å². The van der Waals surface area contributed by atoms with Crippen LogP contribution < -0.4 is 0 Å². The molecule has 10 heteroatoms. The van der Waals surface area contributed by atoms with E-state index in [9.17, 15) is 27.9 Å². The molecule has 0 saturated carbocycles. The summed E-state index contributed by atoms with van der Waals surface area (Å²) in [4.78, 5) is 38.1. The number of nitrogens with zero attached hydrogens (tertiary/aromatic N) is 1. The Bertz CT molecular complexity index is 1420. The van der Waals surface area contributed by atoms with Gasteiger partial charge in [-0.25, -0.2) is 0 Å². The summed E-state index contributed by atoms with van der Waals surface area (Å²) < 4.78 is 31.1. The molecule has 182 valence electrons. The number of carbonyl (C=O) groups is 3. The van der Waals surface area contributed by atoms with Crippen molar-refractivity contribution in [3.8, 4) is 0 Å². The van der Waals surface area contributed by atoms with Crippen LogP contribution in [0.1, 0.15) is 57.7 Å². The molecule has 1 aliphatic heterocycles. The molecule has 8 nitrogen and oxygen atoms in total. The van der Waals surface area contributed by atoms with Crippen LogP contribution in [0.2, 0.25) is 4.71 Å². The molecule has 0 bridgehead atoms. The van der Waals surface area contributed by atoms with Crippen molar-refractivity contribution in [1.29, 1.82) is 0 Å². The number of aliphatic carboxylic acids is 1. The van der Waals surface area contributed by atoms with Crippen molar-refractivity contribution in [2.24, 2.45) is 0 Å². The molecule has 0 saturated heterocycles. The summed E-state index contributed by atoms with van der Waals surface area (Å²) in [6.45, 7) is 0.0479. The van der Waals surface area contributed by atoms with E-state index in [1.807, 2.05) is 0 Å². The first kappa shape index (κ1) is 23.8. The first-order valence-corrected chi connectivity index (χ1v) is 16.8. The maximum absolute atomic E-state index is 13.1. The van der Waals surface area contributed by atoms with E-state index in [0.717, 1.165) is 47.3 Å². The van der Waals surface area contributed by atoms with Crippen LogP contribution >= 0.6 is 0 Å². The summed E-state index contributed by atoms with van der Waals surface area (Å²) in [5.41, 5.74) is 2.33. The summed E-state index contributed by atoms with van der Waals surface area (Å²) in [7, 11) is -3.78. The van der Waals surface area contributed by atoms with Gasteiger partial charge in [-0.3, -0.25) is 0 Å². The third kappa shape index (κ3) is 4.43. The van der Waals surface area contributed by atoms with Gasteiger partial charge < -0.3 is 0 Å².